The third-order valence-corrected chi connectivity index (χ3v) is 8.56. The Bertz CT molecular complexity index is 1040. The molecule has 1 aliphatic heterocycles. The Labute approximate surface area is 185 Å². The third-order valence-electron chi connectivity index (χ3n) is 6.63. The summed E-state index contributed by atoms with van der Waals surface area (Å²) < 4.78 is 28.2. The fourth-order valence-corrected chi connectivity index (χ4v) is 6.28. The second kappa shape index (κ2) is 9.22. The van der Waals surface area contributed by atoms with Crippen molar-refractivity contribution in [2.24, 2.45) is 0 Å². The highest BCUT2D eigenvalue weighted by molar-refractivity contribution is 7.89. The van der Waals surface area contributed by atoms with Crippen molar-refractivity contribution < 1.29 is 13.2 Å². The van der Waals surface area contributed by atoms with Gasteiger partial charge in [0.2, 0.25) is 15.9 Å². The average molecular weight is 445 g/mol. The number of aryl methyl sites for hydroxylation is 1. The van der Waals surface area contributed by atoms with E-state index in [9.17, 15) is 13.2 Å². The molecule has 8 heteroatoms. The van der Waals surface area contributed by atoms with Crippen molar-refractivity contribution in [2.45, 2.75) is 50.0 Å². The van der Waals surface area contributed by atoms with Gasteiger partial charge < -0.3 is 4.90 Å². The van der Waals surface area contributed by atoms with E-state index in [2.05, 4.69) is 9.88 Å². The number of likely N-dealkylation sites (N-methyl/N-ethyl adjacent to an activating group) is 1. The molecule has 4 rings (SSSR count). The van der Waals surface area contributed by atoms with Crippen LogP contribution in [0.3, 0.4) is 0 Å². The minimum atomic E-state index is -3.64. The molecule has 1 saturated carbocycles. The van der Waals surface area contributed by atoms with Crippen LogP contribution in [0.4, 0.5) is 0 Å². The second-order valence-corrected chi connectivity index (χ2v) is 10.7. The van der Waals surface area contributed by atoms with Crippen molar-refractivity contribution >= 4 is 26.8 Å². The summed E-state index contributed by atoms with van der Waals surface area (Å²) in [5.74, 6) is 0.136. The molecule has 168 valence electrons. The van der Waals surface area contributed by atoms with E-state index in [1.807, 2.05) is 31.0 Å². The average Bonchev–Trinajstić information content (AvgIpc) is 2.78. The number of para-hydroxylation sites is 1. The van der Waals surface area contributed by atoms with Gasteiger partial charge in [0.25, 0.3) is 0 Å². The molecule has 2 fully saturated rings. The maximum atomic E-state index is 13.3. The van der Waals surface area contributed by atoms with Gasteiger partial charge in [-0.3, -0.25) is 14.7 Å². The summed E-state index contributed by atoms with van der Waals surface area (Å²) in [6, 6.07) is 7.60. The smallest absolute Gasteiger partial charge is 0.245 e. The molecule has 0 bridgehead atoms. The molecule has 0 atom stereocenters. The largest absolute Gasteiger partial charge is 0.342 e. The van der Waals surface area contributed by atoms with Crippen molar-refractivity contribution in [3.63, 3.8) is 0 Å². The van der Waals surface area contributed by atoms with Crippen LogP contribution in [0.1, 0.15) is 37.7 Å². The van der Waals surface area contributed by atoms with E-state index < -0.39 is 10.0 Å². The summed E-state index contributed by atoms with van der Waals surface area (Å²) >= 11 is 0. The Morgan fingerprint density at radius 3 is 2.55 bits per heavy atom. The zero-order valence-corrected chi connectivity index (χ0v) is 19.3. The molecule has 31 heavy (non-hydrogen) atoms. The van der Waals surface area contributed by atoms with Crippen LogP contribution < -0.4 is 0 Å². The number of piperazine rings is 1. The zero-order valence-electron chi connectivity index (χ0n) is 18.5. The number of sulfonamides is 1. The number of rotatable bonds is 5. The first-order valence-corrected chi connectivity index (χ1v) is 12.6. The molecule has 1 aromatic carbocycles. The van der Waals surface area contributed by atoms with Crippen LogP contribution in [0.25, 0.3) is 10.9 Å². The predicted molar refractivity (Wildman–Crippen MR) is 121 cm³/mol. The molecule has 1 aliphatic carbocycles. The van der Waals surface area contributed by atoms with Gasteiger partial charge in [0.15, 0.2) is 0 Å². The number of aromatic nitrogens is 1. The molecule has 2 aromatic rings. The summed E-state index contributed by atoms with van der Waals surface area (Å²) in [5, 5.41) is 0.830. The molecule has 0 spiro atoms. The molecule has 1 saturated heterocycles. The van der Waals surface area contributed by atoms with Gasteiger partial charge in [0.05, 0.1) is 12.1 Å². The van der Waals surface area contributed by atoms with Gasteiger partial charge in [-0.2, -0.15) is 4.31 Å². The molecular weight excluding hydrogens is 412 g/mol. The van der Waals surface area contributed by atoms with Crippen molar-refractivity contribution in [3.8, 4) is 0 Å². The fourth-order valence-electron chi connectivity index (χ4n) is 4.69. The number of pyridine rings is 1. The quantitative estimate of drug-likeness (QED) is 0.709. The molecule has 1 amide bonds. The van der Waals surface area contributed by atoms with Gasteiger partial charge >= 0.3 is 0 Å². The maximum absolute atomic E-state index is 13.3. The monoisotopic (exact) mass is 444 g/mol. The Hall–Kier alpha value is -2.03. The first kappa shape index (κ1) is 22.2. The van der Waals surface area contributed by atoms with Crippen molar-refractivity contribution in [1.29, 1.82) is 0 Å². The molecular formula is C23H32N4O3S. The van der Waals surface area contributed by atoms with E-state index >= 15 is 0 Å². The minimum Gasteiger partial charge on any atom is -0.342 e. The van der Waals surface area contributed by atoms with E-state index in [0.717, 1.165) is 23.8 Å². The lowest BCUT2D eigenvalue weighted by Gasteiger charge is -2.36. The Morgan fingerprint density at radius 2 is 1.84 bits per heavy atom. The van der Waals surface area contributed by atoms with Crippen molar-refractivity contribution in [2.75, 3.05) is 39.8 Å². The fraction of sp³-hybridized carbons (Fsp3) is 0.565. The van der Waals surface area contributed by atoms with Crippen LogP contribution in [0.5, 0.6) is 0 Å². The maximum Gasteiger partial charge on any atom is 0.245 e. The van der Waals surface area contributed by atoms with Gasteiger partial charge in [0, 0.05) is 50.9 Å². The highest BCUT2D eigenvalue weighted by Gasteiger charge is 2.31. The van der Waals surface area contributed by atoms with E-state index in [4.69, 9.17) is 0 Å². The number of carbonyl (C=O) groups excluding carboxylic acids is 1. The standard InChI is InChI=1S/C23H32N4O3S/c1-18-15-19-7-6-10-21(23(19)24-16-18)31(29,30)27-13-11-26(12-14-27)17-22(28)25(2)20-8-4-3-5-9-20/h6-7,10,15-16,20H,3-5,8-9,11-14,17H2,1-2H3. The van der Waals surface area contributed by atoms with Crippen LogP contribution in [0, 0.1) is 6.92 Å². The van der Waals surface area contributed by atoms with E-state index in [0.29, 0.717) is 44.3 Å². The first-order valence-electron chi connectivity index (χ1n) is 11.2. The lowest BCUT2D eigenvalue weighted by Crippen LogP contribution is -2.52. The summed E-state index contributed by atoms with van der Waals surface area (Å²) in [6.45, 7) is 4.17. The van der Waals surface area contributed by atoms with Gasteiger partial charge in [-0.05, 0) is 37.5 Å². The number of hydrogen-bond donors (Lipinski definition) is 0. The van der Waals surface area contributed by atoms with Crippen LogP contribution in [0.15, 0.2) is 35.4 Å². The van der Waals surface area contributed by atoms with E-state index in [-0.39, 0.29) is 10.8 Å². The summed E-state index contributed by atoms with van der Waals surface area (Å²) in [4.78, 5) is 21.4. The molecule has 2 heterocycles. The predicted octanol–water partition coefficient (Wildman–Crippen LogP) is 2.64. The SMILES string of the molecule is Cc1cnc2c(S(=O)(=O)N3CCN(CC(=O)N(C)C4CCCCC4)CC3)cccc2c1. The Balaban J connectivity index is 1.40. The lowest BCUT2D eigenvalue weighted by atomic mass is 9.94. The normalized spacial score (nSPS) is 19.5. The van der Waals surface area contributed by atoms with Crippen LogP contribution in [-0.4, -0.2) is 79.2 Å². The van der Waals surface area contributed by atoms with Crippen LogP contribution in [-0.2, 0) is 14.8 Å². The molecule has 0 radical (unpaired) electrons. The number of amides is 1. The number of carbonyl (C=O) groups is 1. The topological polar surface area (TPSA) is 73.8 Å². The zero-order chi connectivity index (χ0) is 22.0. The number of nitrogens with zero attached hydrogens (tertiary/aromatic N) is 4. The number of benzene rings is 1. The highest BCUT2D eigenvalue weighted by atomic mass is 32.2. The van der Waals surface area contributed by atoms with Crippen molar-refractivity contribution in [1.82, 2.24) is 19.1 Å². The number of fused-ring (bicyclic) bond motifs is 1. The summed E-state index contributed by atoms with van der Waals surface area (Å²) in [7, 11) is -1.73. The Morgan fingerprint density at radius 1 is 1.13 bits per heavy atom. The van der Waals surface area contributed by atoms with Crippen molar-refractivity contribution in [3.05, 3.63) is 36.0 Å². The molecule has 0 N–H and O–H groups in total. The molecule has 2 aliphatic rings. The molecule has 0 unspecified atom stereocenters. The van der Waals surface area contributed by atoms with Gasteiger partial charge in [-0.25, -0.2) is 8.42 Å². The van der Waals surface area contributed by atoms with Gasteiger partial charge in [0.1, 0.15) is 4.90 Å². The van der Waals surface area contributed by atoms with Gasteiger partial charge in [-0.1, -0.05) is 31.4 Å². The van der Waals surface area contributed by atoms with E-state index in [1.165, 1.54) is 23.6 Å². The van der Waals surface area contributed by atoms with Gasteiger partial charge in [-0.15, -0.1) is 0 Å². The number of hydrogen-bond acceptors (Lipinski definition) is 5. The Kier molecular flexibility index (Phi) is 6.60. The summed E-state index contributed by atoms with van der Waals surface area (Å²) in [6.07, 6.45) is 7.54. The summed E-state index contributed by atoms with van der Waals surface area (Å²) in [5.41, 5.74) is 1.51. The van der Waals surface area contributed by atoms with E-state index in [1.54, 1.807) is 18.3 Å². The second-order valence-electron chi connectivity index (χ2n) is 8.82. The molecule has 1 aromatic heterocycles. The molecule has 7 nitrogen and oxygen atoms in total. The lowest BCUT2D eigenvalue weighted by molar-refractivity contribution is -0.134. The van der Waals surface area contributed by atoms with Crippen LogP contribution in [0.2, 0.25) is 0 Å². The third kappa shape index (κ3) is 4.76. The first-order chi connectivity index (χ1) is 14.9. The minimum absolute atomic E-state index is 0.136. The van der Waals surface area contributed by atoms with Crippen LogP contribution >= 0.6 is 0 Å². The highest BCUT2D eigenvalue weighted by Crippen LogP contribution is 2.26.